The lowest BCUT2D eigenvalue weighted by Crippen LogP contribution is -2.35. The third kappa shape index (κ3) is 6.47. The Bertz CT molecular complexity index is 2620. The molecule has 11 nitrogen and oxygen atoms in total. The van der Waals surface area contributed by atoms with E-state index in [9.17, 15) is 34.8 Å². The van der Waals surface area contributed by atoms with Crippen LogP contribution in [0, 0.1) is 23.4 Å². The van der Waals surface area contributed by atoms with Crippen molar-refractivity contribution in [3.05, 3.63) is 89.7 Å². The lowest BCUT2D eigenvalue weighted by molar-refractivity contribution is 0.0964. The number of carbonyl (C=O) groups is 1. The largest absolute Gasteiger partial charge is 0.496 e. The molecule has 52 heavy (non-hydrogen) atoms. The molecule has 6 aromatic rings. The van der Waals surface area contributed by atoms with Gasteiger partial charge in [0.25, 0.3) is 5.91 Å². The number of halogens is 3. The van der Waals surface area contributed by atoms with Crippen LogP contribution in [-0.2, 0) is 19.9 Å². The van der Waals surface area contributed by atoms with Crippen molar-refractivity contribution in [2.75, 3.05) is 42.8 Å². The molecule has 1 saturated heterocycles. The molecule has 3 heterocycles. The fourth-order valence-corrected chi connectivity index (χ4v) is 9.34. The van der Waals surface area contributed by atoms with Gasteiger partial charge in [-0.05, 0) is 60.4 Å². The van der Waals surface area contributed by atoms with E-state index in [1.165, 1.54) is 44.5 Å². The Morgan fingerprint density at radius 3 is 2.35 bits per heavy atom. The maximum atomic E-state index is 14.6. The standard InChI is InChI=1S/C36H30F3N3O8S2/c1-40-35(43)32-25-15-24(21-6-9-29(48-2)26(12-21)36-41-33-27(39)13-23(38)14-31(33)50-36)28(16-30(25)49-34(32)20-4-7-22(37)8-5-20)42(51(3,44)45)17-19-10-11-52(46,47)18-19/h4-9,12-16,19H,10-11,17-18H2,1-3H3,(H,40,43). The SMILES string of the molecule is CNC(=O)c1c(-c2ccc(F)cc2)oc2cc(N(CC3CCS(=O)(=O)C3)S(C)(=O)=O)c(-c3ccc(OC)c(-c4nc5c(F)cc(F)cc5o4)c3)cc12. The quantitative estimate of drug-likeness (QED) is 0.173. The van der Waals surface area contributed by atoms with Crippen molar-refractivity contribution < 1.29 is 48.4 Å². The zero-order valence-electron chi connectivity index (χ0n) is 27.9. The normalized spacial score (nSPS) is 15.7. The Hall–Kier alpha value is -5.35. The average Bonchev–Trinajstić information content (AvgIpc) is 3.80. The number of aromatic nitrogens is 1. The van der Waals surface area contributed by atoms with E-state index in [-0.39, 0.29) is 86.3 Å². The Balaban J connectivity index is 1.50. The van der Waals surface area contributed by atoms with Gasteiger partial charge in [-0.3, -0.25) is 9.10 Å². The number of nitrogens with zero attached hydrogens (tertiary/aromatic N) is 2. The average molecular weight is 754 g/mol. The molecule has 0 spiro atoms. The van der Waals surface area contributed by atoms with Gasteiger partial charge in [-0.25, -0.2) is 35.0 Å². The van der Waals surface area contributed by atoms with Crippen LogP contribution in [0.25, 0.3) is 56.0 Å². The number of sulfone groups is 1. The van der Waals surface area contributed by atoms with Crippen molar-refractivity contribution >= 4 is 53.5 Å². The first kappa shape index (κ1) is 35.1. The van der Waals surface area contributed by atoms with Crippen molar-refractivity contribution in [1.82, 2.24) is 10.3 Å². The number of hydrogen-bond acceptors (Lipinski definition) is 9. The fraction of sp³-hybridized carbons (Fsp3) is 0.222. The van der Waals surface area contributed by atoms with Gasteiger partial charge in [0, 0.05) is 48.3 Å². The van der Waals surface area contributed by atoms with Crippen molar-refractivity contribution in [3.63, 3.8) is 0 Å². The number of hydrogen-bond donors (Lipinski definition) is 1. The van der Waals surface area contributed by atoms with Crippen molar-refractivity contribution in [2.45, 2.75) is 6.42 Å². The highest BCUT2D eigenvalue weighted by molar-refractivity contribution is 7.92. The molecule has 0 radical (unpaired) electrons. The van der Waals surface area contributed by atoms with Crippen LogP contribution in [0.2, 0.25) is 0 Å². The molecule has 0 bridgehead atoms. The molecule has 1 aliphatic heterocycles. The number of benzene rings is 4. The molecule has 16 heteroatoms. The van der Waals surface area contributed by atoms with Crippen LogP contribution in [0.5, 0.6) is 5.75 Å². The van der Waals surface area contributed by atoms with Gasteiger partial charge < -0.3 is 18.9 Å². The second kappa shape index (κ2) is 13.0. The third-order valence-corrected chi connectivity index (χ3v) is 11.9. The summed E-state index contributed by atoms with van der Waals surface area (Å²) in [5.74, 6) is -3.43. The summed E-state index contributed by atoms with van der Waals surface area (Å²) in [6.07, 6.45) is 1.25. The second-order valence-electron chi connectivity index (χ2n) is 12.5. The fourth-order valence-electron chi connectivity index (χ4n) is 6.50. The first-order valence-corrected chi connectivity index (χ1v) is 19.5. The van der Waals surface area contributed by atoms with E-state index in [0.29, 0.717) is 17.2 Å². The summed E-state index contributed by atoms with van der Waals surface area (Å²) in [4.78, 5) is 17.7. The smallest absolute Gasteiger partial charge is 0.255 e. The Labute approximate surface area is 296 Å². The topological polar surface area (TPSA) is 149 Å². The summed E-state index contributed by atoms with van der Waals surface area (Å²) >= 11 is 0. The number of sulfonamides is 1. The maximum absolute atomic E-state index is 14.6. The van der Waals surface area contributed by atoms with Gasteiger partial charge in [0.2, 0.25) is 15.9 Å². The van der Waals surface area contributed by atoms with Gasteiger partial charge in [0.05, 0.1) is 41.7 Å². The molecular formula is C36H30F3N3O8S2. The van der Waals surface area contributed by atoms with Crippen molar-refractivity contribution in [3.8, 4) is 39.7 Å². The van der Waals surface area contributed by atoms with E-state index >= 15 is 0 Å². The molecule has 1 fully saturated rings. The summed E-state index contributed by atoms with van der Waals surface area (Å²) < 4.78 is 113. The Morgan fingerprint density at radius 2 is 1.69 bits per heavy atom. The highest BCUT2D eigenvalue weighted by Crippen LogP contribution is 2.44. The minimum atomic E-state index is -4.08. The van der Waals surface area contributed by atoms with Crippen LogP contribution in [0.15, 0.2) is 75.6 Å². The molecule has 4 aromatic carbocycles. The van der Waals surface area contributed by atoms with E-state index in [0.717, 1.165) is 16.6 Å². The first-order valence-electron chi connectivity index (χ1n) is 15.9. The van der Waals surface area contributed by atoms with Crippen molar-refractivity contribution in [1.29, 1.82) is 0 Å². The number of carbonyl (C=O) groups excluding carboxylic acids is 1. The predicted molar refractivity (Wildman–Crippen MR) is 189 cm³/mol. The van der Waals surface area contributed by atoms with E-state index in [2.05, 4.69) is 10.3 Å². The minimum Gasteiger partial charge on any atom is -0.496 e. The number of rotatable bonds is 9. The number of anilines is 1. The summed E-state index contributed by atoms with van der Waals surface area (Å²) in [7, 11) is -4.63. The number of oxazole rings is 1. The molecule has 270 valence electrons. The molecular weight excluding hydrogens is 724 g/mol. The zero-order chi connectivity index (χ0) is 37.1. The number of fused-ring (bicyclic) bond motifs is 2. The van der Waals surface area contributed by atoms with Gasteiger partial charge in [-0.2, -0.15) is 0 Å². The van der Waals surface area contributed by atoms with Crippen LogP contribution in [0.4, 0.5) is 18.9 Å². The number of methoxy groups -OCH3 is 1. The zero-order valence-corrected chi connectivity index (χ0v) is 29.5. The minimum absolute atomic E-state index is 0.0767. The molecule has 2 aromatic heterocycles. The Kier molecular flexibility index (Phi) is 8.77. The monoisotopic (exact) mass is 753 g/mol. The molecule has 1 amide bonds. The van der Waals surface area contributed by atoms with Crippen molar-refractivity contribution in [2.24, 2.45) is 5.92 Å². The highest BCUT2D eigenvalue weighted by atomic mass is 32.2. The predicted octanol–water partition coefficient (Wildman–Crippen LogP) is 6.56. The van der Waals surface area contributed by atoms with Crippen LogP contribution < -0.4 is 14.4 Å². The summed E-state index contributed by atoms with van der Waals surface area (Å²) in [6, 6.07) is 14.7. The van der Waals surface area contributed by atoms with E-state index in [1.807, 2.05) is 0 Å². The maximum Gasteiger partial charge on any atom is 0.255 e. The first-order chi connectivity index (χ1) is 24.7. The number of ether oxygens (including phenoxy) is 1. The van der Waals surface area contributed by atoms with Crippen LogP contribution in [0.3, 0.4) is 0 Å². The lowest BCUT2D eigenvalue weighted by atomic mass is 9.96. The molecule has 1 N–H and O–H groups in total. The third-order valence-electron chi connectivity index (χ3n) is 8.94. The van der Waals surface area contributed by atoms with Gasteiger partial charge >= 0.3 is 0 Å². The van der Waals surface area contributed by atoms with Crippen LogP contribution in [0.1, 0.15) is 16.8 Å². The summed E-state index contributed by atoms with van der Waals surface area (Å²) in [5, 5.41) is 2.88. The molecule has 0 aliphatic carbocycles. The summed E-state index contributed by atoms with van der Waals surface area (Å²) in [6.45, 7) is -0.177. The lowest BCUT2D eigenvalue weighted by Gasteiger charge is -2.27. The number of furan rings is 1. The van der Waals surface area contributed by atoms with E-state index in [1.54, 1.807) is 24.3 Å². The molecule has 7 rings (SSSR count). The van der Waals surface area contributed by atoms with Crippen LogP contribution in [-0.4, -0.2) is 66.2 Å². The Morgan fingerprint density at radius 1 is 0.962 bits per heavy atom. The number of nitrogens with one attached hydrogen (secondary N) is 1. The molecule has 0 saturated carbocycles. The van der Waals surface area contributed by atoms with E-state index < -0.39 is 49.1 Å². The highest BCUT2D eigenvalue weighted by Gasteiger charge is 2.34. The second-order valence-corrected chi connectivity index (χ2v) is 16.6. The molecule has 1 aliphatic rings. The van der Waals surface area contributed by atoms with E-state index in [4.69, 9.17) is 13.6 Å². The molecule has 1 unspecified atom stereocenters. The van der Waals surface area contributed by atoms with Gasteiger partial charge in [-0.15, -0.1) is 0 Å². The van der Waals surface area contributed by atoms with Crippen LogP contribution >= 0.6 is 0 Å². The van der Waals surface area contributed by atoms with Gasteiger partial charge in [0.15, 0.2) is 21.2 Å². The van der Waals surface area contributed by atoms with Gasteiger partial charge in [-0.1, -0.05) is 6.07 Å². The molecule has 1 atom stereocenters. The number of amides is 1. The van der Waals surface area contributed by atoms with Gasteiger partial charge in [0.1, 0.15) is 34.2 Å². The summed E-state index contributed by atoms with van der Waals surface area (Å²) in [5.41, 5.74) is 1.16.